The van der Waals surface area contributed by atoms with Crippen LogP contribution < -0.4 is 0 Å². The number of hydrogen-bond donors (Lipinski definition) is 1. The molecule has 1 unspecified atom stereocenters. The molecular weight excluding hydrogens is 192 g/mol. The van der Waals surface area contributed by atoms with Crippen molar-refractivity contribution in [3.05, 3.63) is 0 Å². The number of hydrogen-bond acceptors (Lipinski definition) is 2. The van der Waals surface area contributed by atoms with Crippen molar-refractivity contribution in [2.75, 3.05) is 13.7 Å². The van der Waals surface area contributed by atoms with Crippen molar-refractivity contribution in [2.24, 2.45) is 11.3 Å². The molecule has 0 aliphatic heterocycles. The first-order chi connectivity index (χ1) is 6.98. The molecule has 15 heavy (non-hydrogen) atoms. The molecule has 90 valence electrons. The molecule has 0 aliphatic carbocycles. The van der Waals surface area contributed by atoms with E-state index in [-0.39, 0.29) is 0 Å². The van der Waals surface area contributed by atoms with Crippen molar-refractivity contribution >= 4 is 5.97 Å². The molecule has 0 saturated carbocycles. The summed E-state index contributed by atoms with van der Waals surface area (Å²) in [7, 11) is 1.57. The predicted molar refractivity (Wildman–Crippen MR) is 60.9 cm³/mol. The van der Waals surface area contributed by atoms with Gasteiger partial charge in [-0.15, -0.1) is 0 Å². The third kappa shape index (κ3) is 4.65. The zero-order valence-corrected chi connectivity index (χ0v) is 10.4. The van der Waals surface area contributed by atoms with Crippen LogP contribution in [0.3, 0.4) is 0 Å². The molecule has 0 aromatic rings. The zero-order chi connectivity index (χ0) is 11.9. The van der Waals surface area contributed by atoms with Gasteiger partial charge in [-0.3, -0.25) is 4.79 Å². The topological polar surface area (TPSA) is 46.5 Å². The standard InChI is InChI=1S/C12H24O3/c1-5-6-7-12(9-15-4,11(13)14)8-10(2)3/h10H,5-9H2,1-4H3,(H,13,14). The van der Waals surface area contributed by atoms with Gasteiger partial charge in [-0.05, 0) is 18.8 Å². The number of aliphatic carboxylic acids is 1. The molecule has 0 fully saturated rings. The second-order valence-electron chi connectivity index (χ2n) is 4.72. The first kappa shape index (κ1) is 14.4. The van der Waals surface area contributed by atoms with Crippen LogP contribution >= 0.6 is 0 Å². The average Bonchev–Trinajstić information content (AvgIpc) is 2.13. The number of carbonyl (C=O) groups is 1. The van der Waals surface area contributed by atoms with Crippen molar-refractivity contribution in [3.63, 3.8) is 0 Å². The minimum Gasteiger partial charge on any atom is -0.481 e. The highest BCUT2D eigenvalue weighted by Crippen LogP contribution is 2.33. The number of ether oxygens (including phenoxy) is 1. The molecule has 0 aromatic heterocycles. The third-order valence-electron chi connectivity index (χ3n) is 2.68. The minimum absolute atomic E-state index is 0.320. The average molecular weight is 216 g/mol. The van der Waals surface area contributed by atoms with Gasteiger partial charge in [0.1, 0.15) is 0 Å². The monoisotopic (exact) mass is 216 g/mol. The van der Waals surface area contributed by atoms with Gasteiger partial charge in [0.25, 0.3) is 0 Å². The fourth-order valence-electron chi connectivity index (χ4n) is 2.06. The van der Waals surface area contributed by atoms with E-state index in [4.69, 9.17) is 4.74 Å². The molecule has 0 aromatic carbocycles. The van der Waals surface area contributed by atoms with E-state index < -0.39 is 11.4 Å². The van der Waals surface area contributed by atoms with Crippen molar-refractivity contribution in [1.29, 1.82) is 0 Å². The Morgan fingerprint density at radius 3 is 2.40 bits per heavy atom. The Morgan fingerprint density at radius 1 is 1.47 bits per heavy atom. The lowest BCUT2D eigenvalue weighted by molar-refractivity contribution is -0.154. The molecule has 0 rings (SSSR count). The summed E-state index contributed by atoms with van der Waals surface area (Å²) in [5.74, 6) is -0.334. The number of methoxy groups -OCH3 is 1. The summed E-state index contributed by atoms with van der Waals surface area (Å²) in [4.78, 5) is 11.4. The fourth-order valence-corrected chi connectivity index (χ4v) is 2.06. The molecule has 0 bridgehead atoms. The van der Waals surface area contributed by atoms with Crippen LogP contribution in [0.1, 0.15) is 46.5 Å². The van der Waals surface area contributed by atoms with E-state index in [1.54, 1.807) is 7.11 Å². The fraction of sp³-hybridized carbons (Fsp3) is 0.917. The second kappa shape index (κ2) is 6.83. The van der Waals surface area contributed by atoms with Gasteiger partial charge in [0.05, 0.1) is 12.0 Å². The van der Waals surface area contributed by atoms with E-state index in [2.05, 4.69) is 20.8 Å². The first-order valence-corrected chi connectivity index (χ1v) is 5.71. The molecule has 0 saturated heterocycles. The van der Waals surface area contributed by atoms with Crippen LogP contribution in [-0.2, 0) is 9.53 Å². The van der Waals surface area contributed by atoms with E-state index in [0.717, 1.165) is 12.8 Å². The number of unbranched alkanes of at least 4 members (excludes halogenated alkanes) is 1. The molecule has 0 radical (unpaired) electrons. The molecule has 3 nitrogen and oxygen atoms in total. The van der Waals surface area contributed by atoms with Gasteiger partial charge in [0.15, 0.2) is 0 Å². The van der Waals surface area contributed by atoms with Gasteiger partial charge in [-0.2, -0.15) is 0 Å². The normalized spacial score (nSPS) is 15.3. The van der Waals surface area contributed by atoms with Crippen molar-refractivity contribution in [2.45, 2.75) is 46.5 Å². The summed E-state index contributed by atoms with van der Waals surface area (Å²) in [6.45, 7) is 6.51. The molecule has 0 heterocycles. The van der Waals surface area contributed by atoms with Gasteiger partial charge >= 0.3 is 5.97 Å². The highest BCUT2D eigenvalue weighted by Gasteiger charge is 2.38. The van der Waals surface area contributed by atoms with Crippen LogP contribution in [0.5, 0.6) is 0 Å². The molecule has 1 atom stereocenters. The first-order valence-electron chi connectivity index (χ1n) is 5.71. The van der Waals surface area contributed by atoms with Crippen molar-refractivity contribution in [3.8, 4) is 0 Å². The van der Waals surface area contributed by atoms with Gasteiger partial charge in [0.2, 0.25) is 0 Å². The lowest BCUT2D eigenvalue weighted by Gasteiger charge is -2.30. The largest absolute Gasteiger partial charge is 0.481 e. The second-order valence-corrected chi connectivity index (χ2v) is 4.72. The summed E-state index contributed by atoms with van der Waals surface area (Å²) >= 11 is 0. The van der Waals surface area contributed by atoms with Crippen LogP contribution in [0.2, 0.25) is 0 Å². The minimum atomic E-state index is -0.716. The Morgan fingerprint density at radius 2 is 2.07 bits per heavy atom. The number of carboxylic acid groups (broad SMARTS) is 1. The Hall–Kier alpha value is -0.570. The number of rotatable bonds is 8. The SMILES string of the molecule is CCCCC(COC)(CC(C)C)C(=O)O. The third-order valence-corrected chi connectivity index (χ3v) is 2.68. The summed E-state index contributed by atoms with van der Waals surface area (Å²) in [5, 5.41) is 9.35. The van der Waals surface area contributed by atoms with Crippen LogP contribution in [-0.4, -0.2) is 24.8 Å². The lowest BCUT2D eigenvalue weighted by Crippen LogP contribution is -2.37. The Labute approximate surface area is 92.8 Å². The smallest absolute Gasteiger partial charge is 0.311 e. The van der Waals surface area contributed by atoms with E-state index in [1.165, 1.54) is 0 Å². The summed E-state index contributed by atoms with van der Waals surface area (Å²) in [6, 6.07) is 0. The Kier molecular flexibility index (Phi) is 6.57. The molecule has 1 N–H and O–H groups in total. The quantitative estimate of drug-likeness (QED) is 0.678. The molecule has 0 aliphatic rings. The predicted octanol–water partition coefficient (Wildman–Crippen LogP) is 2.94. The van der Waals surface area contributed by atoms with E-state index >= 15 is 0 Å². The van der Waals surface area contributed by atoms with E-state index in [9.17, 15) is 9.90 Å². The Bertz CT molecular complexity index is 189. The maximum Gasteiger partial charge on any atom is 0.311 e. The molecule has 3 heteroatoms. The van der Waals surface area contributed by atoms with Gasteiger partial charge in [-0.25, -0.2) is 0 Å². The van der Waals surface area contributed by atoms with Crippen LogP contribution in [0.25, 0.3) is 0 Å². The van der Waals surface area contributed by atoms with Gasteiger partial charge < -0.3 is 9.84 Å². The van der Waals surface area contributed by atoms with Crippen LogP contribution in [0.15, 0.2) is 0 Å². The maximum atomic E-state index is 11.4. The summed E-state index contributed by atoms with van der Waals surface area (Å²) in [6.07, 6.45) is 3.38. The number of carboxylic acids is 1. The van der Waals surface area contributed by atoms with Gasteiger partial charge in [0, 0.05) is 7.11 Å². The van der Waals surface area contributed by atoms with E-state index in [0.29, 0.717) is 25.4 Å². The summed E-state index contributed by atoms with van der Waals surface area (Å²) in [5.41, 5.74) is -0.682. The zero-order valence-electron chi connectivity index (χ0n) is 10.4. The maximum absolute atomic E-state index is 11.4. The van der Waals surface area contributed by atoms with Gasteiger partial charge in [-0.1, -0.05) is 33.6 Å². The van der Waals surface area contributed by atoms with Crippen molar-refractivity contribution < 1.29 is 14.6 Å². The van der Waals surface area contributed by atoms with Crippen LogP contribution in [0.4, 0.5) is 0 Å². The summed E-state index contributed by atoms with van der Waals surface area (Å²) < 4.78 is 5.09. The lowest BCUT2D eigenvalue weighted by atomic mass is 9.77. The molecule has 0 amide bonds. The molecule has 0 spiro atoms. The Balaban J connectivity index is 4.64. The van der Waals surface area contributed by atoms with Crippen LogP contribution in [0, 0.1) is 11.3 Å². The van der Waals surface area contributed by atoms with E-state index in [1.807, 2.05) is 0 Å². The highest BCUT2D eigenvalue weighted by molar-refractivity contribution is 5.74. The van der Waals surface area contributed by atoms with Crippen molar-refractivity contribution in [1.82, 2.24) is 0 Å². The highest BCUT2D eigenvalue weighted by atomic mass is 16.5. The molecular formula is C12H24O3.